The number of hydrogen-bond donors (Lipinski definition) is 1. The maximum Gasteiger partial charge on any atom is 0.229 e. The third-order valence-corrected chi connectivity index (χ3v) is 5.49. The van der Waals surface area contributed by atoms with Crippen LogP contribution in [0.1, 0.15) is 32.8 Å². The number of carbonyl (C=O) groups excluding carboxylic acids is 2. The van der Waals surface area contributed by atoms with Crippen molar-refractivity contribution in [2.75, 3.05) is 23.9 Å². The fraction of sp³-hybridized carbons (Fsp3) is 0.364. The van der Waals surface area contributed by atoms with Gasteiger partial charge in [-0.2, -0.15) is 0 Å². The molecule has 6 heteroatoms. The standard InChI is InChI=1S/C22H25BrN2O3/c1-22(2,3)15-5-10-19(28-4)18(12-15)24-21(27)14-11-20(26)25(13-14)17-8-6-16(23)7-9-17/h5-10,12,14H,11,13H2,1-4H3,(H,24,27)/t14-/m0/s1. The van der Waals surface area contributed by atoms with E-state index in [4.69, 9.17) is 4.74 Å². The number of amides is 2. The Bertz CT molecular complexity index is 888. The van der Waals surface area contributed by atoms with Gasteiger partial charge in [-0.1, -0.05) is 42.8 Å². The van der Waals surface area contributed by atoms with Gasteiger partial charge in [-0.3, -0.25) is 9.59 Å². The van der Waals surface area contributed by atoms with Crippen LogP contribution < -0.4 is 15.0 Å². The fourth-order valence-corrected chi connectivity index (χ4v) is 3.53. The van der Waals surface area contributed by atoms with Gasteiger partial charge in [0.05, 0.1) is 18.7 Å². The SMILES string of the molecule is COc1ccc(C(C)(C)C)cc1NC(=O)[C@H]1CC(=O)N(c2ccc(Br)cc2)C1. The highest BCUT2D eigenvalue weighted by atomic mass is 79.9. The molecule has 0 radical (unpaired) electrons. The van der Waals surface area contributed by atoms with Gasteiger partial charge < -0.3 is 15.0 Å². The second-order valence-electron chi connectivity index (χ2n) is 8.04. The number of nitrogens with zero attached hydrogens (tertiary/aromatic N) is 1. The van der Waals surface area contributed by atoms with Crippen LogP contribution in [0.15, 0.2) is 46.9 Å². The summed E-state index contributed by atoms with van der Waals surface area (Å²) in [6.07, 6.45) is 0.198. The average molecular weight is 445 g/mol. The summed E-state index contributed by atoms with van der Waals surface area (Å²) in [5, 5.41) is 2.97. The van der Waals surface area contributed by atoms with E-state index in [0.29, 0.717) is 18.0 Å². The van der Waals surface area contributed by atoms with Gasteiger partial charge in [0.25, 0.3) is 0 Å². The molecule has 1 aliphatic heterocycles. The maximum atomic E-state index is 12.9. The number of rotatable bonds is 4. The first kappa shape index (κ1) is 20.4. The molecule has 1 atom stereocenters. The summed E-state index contributed by atoms with van der Waals surface area (Å²) in [5.74, 6) is -0.00946. The number of carbonyl (C=O) groups is 2. The Balaban J connectivity index is 1.76. The number of anilines is 2. The van der Waals surface area contributed by atoms with Gasteiger partial charge in [0.15, 0.2) is 0 Å². The smallest absolute Gasteiger partial charge is 0.229 e. The molecule has 2 amide bonds. The normalized spacial score (nSPS) is 17.0. The van der Waals surface area contributed by atoms with E-state index in [-0.39, 0.29) is 23.7 Å². The molecule has 0 aliphatic carbocycles. The Labute approximate surface area is 174 Å². The number of halogens is 1. The molecule has 0 bridgehead atoms. The van der Waals surface area contributed by atoms with Gasteiger partial charge >= 0.3 is 0 Å². The highest BCUT2D eigenvalue weighted by Crippen LogP contribution is 2.33. The van der Waals surface area contributed by atoms with Crippen molar-refractivity contribution in [3.05, 3.63) is 52.5 Å². The van der Waals surface area contributed by atoms with E-state index in [1.807, 2.05) is 42.5 Å². The van der Waals surface area contributed by atoms with Crippen LogP contribution in [0.4, 0.5) is 11.4 Å². The molecule has 1 N–H and O–H groups in total. The topological polar surface area (TPSA) is 58.6 Å². The summed E-state index contributed by atoms with van der Waals surface area (Å²) in [7, 11) is 1.58. The van der Waals surface area contributed by atoms with Gasteiger partial charge in [0, 0.05) is 23.1 Å². The predicted molar refractivity (Wildman–Crippen MR) is 115 cm³/mol. The lowest BCUT2D eigenvalue weighted by Gasteiger charge is -2.22. The van der Waals surface area contributed by atoms with E-state index in [1.54, 1.807) is 12.0 Å². The number of methoxy groups -OCH3 is 1. The Hall–Kier alpha value is -2.34. The zero-order valence-corrected chi connectivity index (χ0v) is 18.2. The van der Waals surface area contributed by atoms with Crippen molar-refractivity contribution in [2.45, 2.75) is 32.6 Å². The first-order chi connectivity index (χ1) is 13.2. The molecule has 0 unspecified atom stereocenters. The fourth-order valence-electron chi connectivity index (χ4n) is 3.26. The Morgan fingerprint density at radius 1 is 1.18 bits per heavy atom. The van der Waals surface area contributed by atoms with E-state index in [0.717, 1.165) is 15.7 Å². The Morgan fingerprint density at radius 3 is 2.46 bits per heavy atom. The van der Waals surface area contributed by atoms with Crippen molar-refractivity contribution in [1.29, 1.82) is 0 Å². The maximum absolute atomic E-state index is 12.9. The molecular formula is C22H25BrN2O3. The van der Waals surface area contributed by atoms with Gasteiger partial charge in [-0.15, -0.1) is 0 Å². The summed E-state index contributed by atoms with van der Waals surface area (Å²) in [6, 6.07) is 13.3. The van der Waals surface area contributed by atoms with Crippen LogP contribution in [0.2, 0.25) is 0 Å². The quantitative estimate of drug-likeness (QED) is 0.739. The van der Waals surface area contributed by atoms with Gasteiger partial charge in [-0.25, -0.2) is 0 Å². The van der Waals surface area contributed by atoms with Gasteiger partial charge in [0.1, 0.15) is 5.75 Å². The minimum atomic E-state index is -0.404. The second kappa shape index (κ2) is 7.95. The largest absolute Gasteiger partial charge is 0.495 e. The van der Waals surface area contributed by atoms with E-state index in [1.165, 1.54) is 0 Å². The molecule has 5 nitrogen and oxygen atoms in total. The third-order valence-electron chi connectivity index (χ3n) is 4.96. The van der Waals surface area contributed by atoms with E-state index in [9.17, 15) is 9.59 Å². The summed E-state index contributed by atoms with van der Waals surface area (Å²) in [6.45, 7) is 6.72. The molecule has 0 saturated carbocycles. The first-order valence-corrected chi connectivity index (χ1v) is 10.0. The van der Waals surface area contributed by atoms with Crippen LogP contribution >= 0.6 is 15.9 Å². The lowest BCUT2D eigenvalue weighted by molar-refractivity contribution is -0.122. The lowest BCUT2D eigenvalue weighted by atomic mass is 9.86. The molecule has 28 heavy (non-hydrogen) atoms. The van der Waals surface area contributed by atoms with Crippen LogP contribution in [-0.4, -0.2) is 25.5 Å². The number of ether oxygens (including phenoxy) is 1. The van der Waals surface area contributed by atoms with E-state index >= 15 is 0 Å². The van der Waals surface area contributed by atoms with Crippen molar-refractivity contribution >= 4 is 39.1 Å². The zero-order valence-electron chi connectivity index (χ0n) is 16.6. The van der Waals surface area contributed by atoms with Crippen molar-refractivity contribution in [3.63, 3.8) is 0 Å². The molecular weight excluding hydrogens is 420 g/mol. The van der Waals surface area contributed by atoms with Crippen molar-refractivity contribution in [1.82, 2.24) is 0 Å². The Morgan fingerprint density at radius 2 is 1.86 bits per heavy atom. The molecule has 148 valence electrons. The molecule has 2 aromatic rings. The van der Waals surface area contributed by atoms with Crippen LogP contribution in [-0.2, 0) is 15.0 Å². The molecule has 1 aliphatic rings. The second-order valence-corrected chi connectivity index (χ2v) is 8.95. The average Bonchev–Trinajstić information content (AvgIpc) is 3.03. The summed E-state index contributed by atoms with van der Waals surface area (Å²) < 4.78 is 6.35. The van der Waals surface area contributed by atoms with Crippen LogP contribution in [0, 0.1) is 5.92 Å². The highest BCUT2D eigenvalue weighted by molar-refractivity contribution is 9.10. The van der Waals surface area contributed by atoms with Crippen LogP contribution in [0.3, 0.4) is 0 Å². The van der Waals surface area contributed by atoms with Gasteiger partial charge in [-0.05, 0) is 47.4 Å². The molecule has 1 heterocycles. The molecule has 1 saturated heterocycles. The van der Waals surface area contributed by atoms with Crippen molar-refractivity contribution in [3.8, 4) is 5.75 Å². The molecule has 1 fully saturated rings. The first-order valence-electron chi connectivity index (χ1n) is 9.24. The Kier molecular flexibility index (Phi) is 5.79. The minimum absolute atomic E-state index is 0.0436. The molecule has 2 aromatic carbocycles. The summed E-state index contributed by atoms with van der Waals surface area (Å²) in [4.78, 5) is 27.0. The van der Waals surface area contributed by atoms with Crippen LogP contribution in [0.5, 0.6) is 5.75 Å². The van der Waals surface area contributed by atoms with Crippen molar-refractivity contribution < 1.29 is 14.3 Å². The third kappa shape index (κ3) is 4.38. The number of benzene rings is 2. The van der Waals surface area contributed by atoms with Gasteiger partial charge in [0.2, 0.25) is 11.8 Å². The molecule has 3 rings (SSSR count). The molecule has 0 spiro atoms. The summed E-state index contributed by atoms with van der Waals surface area (Å²) in [5.41, 5.74) is 2.49. The molecule has 0 aromatic heterocycles. The summed E-state index contributed by atoms with van der Waals surface area (Å²) >= 11 is 3.40. The predicted octanol–water partition coefficient (Wildman–Crippen LogP) is 4.75. The van der Waals surface area contributed by atoms with Crippen molar-refractivity contribution in [2.24, 2.45) is 5.92 Å². The minimum Gasteiger partial charge on any atom is -0.495 e. The monoisotopic (exact) mass is 444 g/mol. The van der Waals surface area contributed by atoms with E-state index < -0.39 is 5.92 Å². The number of nitrogens with one attached hydrogen (secondary N) is 1. The van der Waals surface area contributed by atoms with E-state index in [2.05, 4.69) is 42.0 Å². The highest BCUT2D eigenvalue weighted by Gasteiger charge is 2.35. The zero-order chi connectivity index (χ0) is 20.5. The lowest BCUT2D eigenvalue weighted by Crippen LogP contribution is -2.28. The van der Waals surface area contributed by atoms with Crippen LogP contribution in [0.25, 0.3) is 0 Å². The number of hydrogen-bond acceptors (Lipinski definition) is 3.